The Morgan fingerprint density at radius 1 is 1.00 bits per heavy atom. The van der Waals surface area contributed by atoms with Gasteiger partial charge in [-0.15, -0.1) is 0 Å². The van der Waals surface area contributed by atoms with Gasteiger partial charge in [-0.25, -0.2) is 4.98 Å². The van der Waals surface area contributed by atoms with Crippen molar-refractivity contribution in [3.05, 3.63) is 70.3 Å². The molecule has 0 aliphatic heterocycles. The molecule has 2 amide bonds. The van der Waals surface area contributed by atoms with E-state index in [-0.39, 0.29) is 11.8 Å². The Morgan fingerprint density at radius 3 is 2.48 bits per heavy atom. The van der Waals surface area contributed by atoms with Gasteiger partial charge in [-0.3, -0.25) is 9.59 Å². The maximum absolute atomic E-state index is 12.2. The fourth-order valence-corrected chi connectivity index (χ4v) is 3.09. The van der Waals surface area contributed by atoms with Crippen LogP contribution in [0.2, 0.25) is 0 Å². The number of hydrogen-bond donors (Lipinski definition) is 2. The smallest absolute Gasteiger partial charge is 0.269 e. The average Bonchev–Trinajstić information content (AvgIpc) is 2.70. The van der Waals surface area contributed by atoms with Crippen molar-refractivity contribution in [1.29, 1.82) is 0 Å². The number of benzene rings is 2. The average molecular weight is 428 g/mol. The number of rotatable bonds is 6. The number of hydrogen-bond acceptors (Lipinski definition) is 4. The zero-order valence-electron chi connectivity index (χ0n) is 14.7. The SMILES string of the molecule is COc1ccc(C(=O)NCCNC(=O)c2ccc3ccccc3n2)cc1Br. The monoisotopic (exact) mass is 427 g/mol. The highest BCUT2D eigenvalue weighted by Gasteiger charge is 2.10. The van der Waals surface area contributed by atoms with Gasteiger partial charge in [-0.05, 0) is 46.3 Å². The van der Waals surface area contributed by atoms with Gasteiger partial charge >= 0.3 is 0 Å². The van der Waals surface area contributed by atoms with Crippen LogP contribution in [0, 0.1) is 0 Å². The number of para-hydroxylation sites is 1. The molecule has 0 saturated heterocycles. The quantitative estimate of drug-likeness (QED) is 0.592. The maximum Gasteiger partial charge on any atom is 0.269 e. The second-order valence-electron chi connectivity index (χ2n) is 5.75. The molecule has 0 aliphatic rings. The van der Waals surface area contributed by atoms with E-state index >= 15 is 0 Å². The minimum Gasteiger partial charge on any atom is -0.496 e. The lowest BCUT2D eigenvalue weighted by molar-refractivity contribution is 0.0925. The van der Waals surface area contributed by atoms with Gasteiger partial charge in [-0.1, -0.05) is 24.3 Å². The van der Waals surface area contributed by atoms with Crippen molar-refractivity contribution in [1.82, 2.24) is 15.6 Å². The predicted octanol–water partition coefficient (Wildman–Crippen LogP) is 3.17. The zero-order chi connectivity index (χ0) is 19.2. The second kappa shape index (κ2) is 8.64. The Kier molecular flexibility index (Phi) is 6.03. The summed E-state index contributed by atoms with van der Waals surface area (Å²) < 4.78 is 5.84. The van der Waals surface area contributed by atoms with Gasteiger partial charge in [0.05, 0.1) is 17.1 Å². The highest BCUT2D eigenvalue weighted by atomic mass is 79.9. The van der Waals surface area contributed by atoms with Gasteiger partial charge in [0, 0.05) is 24.0 Å². The van der Waals surface area contributed by atoms with Crippen molar-refractivity contribution in [3.63, 3.8) is 0 Å². The van der Waals surface area contributed by atoms with Crippen LogP contribution in [-0.4, -0.2) is 37.0 Å². The summed E-state index contributed by atoms with van der Waals surface area (Å²) in [6, 6.07) is 16.2. The number of halogens is 1. The number of carbonyl (C=O) groups excluding carboxylic acids is 2. The molecule has 3 aromatic rings. The summed E-state index contributed by atoms with van der Waals surface area (Å²) in [7, 11) is 1.56. The van der Waals surface area contributed by atoms with Crippen LogP contribution in [0.1, 0.15) is 20.8 Å². The predicted molar refractivity (Wildman–Crippen MR) is 107 cm³/mol. The van der Waals surface area contributed by atoms with Crippen LogP contribution in [0.5, 0.6) is 5.75 Å². The van der Waals surface area contributed by atoms with E-state index in [1.165, 1.54) is 0 Å². The Labute approximate surface area is 165 Å². The van der Waals surface area contributed by atoms with Crippen LogP contribution < -0.4 is 15.4 Å². The summed E-state index contributed by atoms with van der Waals surface area (Å²) in [5, 5.41) is 6.50. The highest BCUT2D eigenvalue weighted by Crippen LogP contribution is 2.25. The van der Waals surface area contributed by atoms with Crippen molar-refractivity contribution >= 4 is 38.6 Å². The number of nitrogens with zero attached hydrogens (tertiary/aromatic N) is 1. The summed E-state index contributed by atoms with van der Waals surface area (Å²) in [5.41, 5.74) is 1.62. The van der Waals surface area contributed by atoms with Crippen LogP contribution in [0.3, 0.4) is 0 Å². The second-order valence-corrected chi connectivity index (χ2v) is 6.60. The molecule has 27 heavy (non-hydrogen) atoms. The van der Waals surface area contributed by atoms with Crippen LogP contribution >= 0.6 is 15.9 Å². The summed E-state index contributed by atoms with van der Waals surface area (Å²) in [5.74, 6) is 0.153. The Morgan fingerprint density at radius 2 is 1.74 bits per heavy atom. The molecule has 138 valence electrons. The van der Waals surface area contributed by atoms with Crippen LogP contribution in [-0.2, 0) is 0 Å². The lowest BCUT2D eigenvalue weighted by atomic mass is 10.2. The number of nitrogens with one attached hydrogen (secondary N) is 2. The molecule has 6 nitrogen and oxygen atoms in total. The van der Waals surface area contributed by atoms with Crippen molar-refractivity contribution in [2.75, 3.05) is 20.2 Å². The standard InChI is InChI=1S/C20H18BrN3O3/c1-27-18-9-7-14(12-15(18)21)19(25)22-10-11-23-20(26)17-8-6-13-4-2-3-5-16(13)24-17/h2-9,12H,10-11H2,1H3,(H,22,25)(H,23,26). The molecular weight excluding hydrogens is 410 g/mol. The lowest BCUT2D eigenvalue weighted by Gasteiger charge is -2.09. The number of carbonyl (C=O) groups is 2. The first-order valence-electron chi connectivity index (χ1n) is 8.34. The largest absolute Gasteiger partial charge is 0.496 e. The van der Waals surface area contributed by atoms with Crippen LogP contribution in [0.15, 0.2) is 59.1 Å². The molecule has 3 rings (SSSR count). The zero-order valence-corrected chi connectivity index (χ0v) is 16.2. The summed E-state index contributed by atoms with van der Waals surface area (Å²) in [6.07, 6.45) is 0. The normalized spacial score (nSPS) is 10.4. The summed E-state index contributed by atoms with van der Waals surface area (Å²) in [6.45, 7) is 0.609. The molecule has 7 heteroatoms. The third-order valence-electron chi connectivity index (χ3n) is 3.94. The first-order valence-corrected chi connectivity index (χ1v) is 9.13. The van der Waals surface area contributed by atoms with Crippen molar-refractivity contribution in [2.45, 2.75) is 0 Å². The topological polar surface area (TPSA) is 80.3 Å². The molecule has 0 bridgehead atoms. The van der Waals surface area contributed by atoms with Gasteiger partial charge in [0.2, 0.25) is 0 Å². The number of ether oxygens (including phenoxy) is 1. The van der Waals surface area contributed by atoms with Gasteiger partial charge in [0.15, 0.2) is 0 Å². The number of methoxy groups -OCH3 is 1. The molecular formula is C20H18BrN3O3. The van der Waals surface area contributed by atoms with E-state index in [0.717, 1.165) is 10.9 Å². The van der Waals surface area contributed by atoms with Crippen molar-refractivity contribution in [2.24, 2.45) is 0 Å². The molecule has 0 radical (unpaired) electrons. The molecule has 1 aromatic heterocycles. The minimum atomic E-state index is -0.276. The van der Waals surface area contributed by atoms with Gasteiger partial charge in [-0.2, -0.15) is 0 Å². The Balaban J connectivity index is 1.51. The molecule has 0 spiro atoms. The van der Waals surface area contributed by atoms with E-state index in [1.807, 2.05) is 30.3 Å². The van der Waals surface area contributed by atoms with E-state index in [4.69, 9.17) is 4.74 Å². The molecule has 0 atom stereocenters. The van der Waals surface area contributed by atoms with E-state index in [2.05, 4.69) is 31.5 Å². The van der Waals surface area contributed by atoms with Crippen molar-refractivity contribution in [3.8, 4) is 5.75 Å². The van der Waals surface area contributed by atoms with E-state index in [9.17, 15) is 9.59 Å². The molecule has 0 aliphatic carbocycles. The van der Waals surface area contributed by atoms with E-state index < -0.39 is 0 Å². The number of fused-ring (bicyclic) bond motifs is 1. The summed E-state index contributed by atoms with van der Waals surface area (Å²) >= 11 is 3.35. The van der Waals surface area contributed by atoms with Crippen molar-refractivity contribution < 1.29 is 14.3 Å². The summed E-state index contributed by atoms with van der Waals surface area (Å²) in [4.78, 5) is 28.7. The Bertz CT molecular complexity index is 991. The lowest BCUT2D eigenvalue weighted by Crippen LogP contribution is -2.35. The van der Waals surface area contributed by atoms with E-state index in [1.54, 1.807) is 31.4 Å². The fourth-order valence-electron chi connectivity index (χ4n) is 2.54. The fraction of sp³-hybridized carbons (Fsp3) is 0.150. The molecule has 0 unspecified atom stereocenters. The first kappa shape index (κ1) is 18.8. The third-order valence-corrected chi connectivity index (χ3v) is 4.56. The van der Waals surface area contributed by atoms with Gasteiger partial charge in [0.1, 0.15) is 11.4 Å². The maximum atomic E-state index is 12.2. The van der Waals surface area contributed by atoms with E-state index in [0.29, 0.717) is 34.6 Å². The molecule has 0 saturated carbocycles. The molecule has 1 heterocycles. The molecule has 2 N–H and O–H groups in total. The van der Waals surface area contributed by atoms with Gasteiger partial charge < -0.3 is 15.4 Å². The minimum absolute atomic E-state index is 0.226. The molecule has 0 fully saturated rings. The molecule has 2 aromatic carbocycles. The Hall–Kier alpha value is -2.93. The third kappa shape index (κ3) is 4.62. The number of aromatic nitrogens is 1. The van der Waals surface area contributed by atoms with Gasteiger partial charge in [0.25, 0.3) is 11.8 Å². The highest BCUT2D eigenvalue weighted by molar-refractivity contribution is 9.10. The number of pyridine rings is 1. The van der Waals surface area contributed by atoms with Crippen LogP contribution in [0.4, 0.5) is 0 Å². The first-order chi connectivity index (χ1) is 13.1. The number of amides is 2. The van der Waals surface area contributed by atoms with Crippen LogP contribution in [0.25, 0.3) is 10.9 Å².